The standard InChI is InChI=1S/C18H11ClO.C13H9ClO.C6H7BO2/c19-13-10-15(12-6-2-1-3-7-12)18-14-8-4-5-9-16(14)20-17(18)11-13;1-8-6-9(14)7-12-13(8)10-4-2-3-5-11(10)15-12;8-7(9)6-4-2-1-3-5-6/h1-11H;2-7H,1H3;1-5,8-9H. The topological polar surface area (TPSA) is 66.7 Å². The van der Waals surface area contributed by atoms with Crippen LogP contribution in [0.5, 0.6) is 0 Å². The number of rotatable bonds is 2. The SMILES string of the molecule is Cc1cc(Cl)cc2oc3ccccc3c12.Clc1cc(-c2ccccc2)c2c(c1)oc1ccccc12.OB(O)c1ccccc1. The van der Waals surface area contributed by atoms with Crippen molar-refractivity contribution in [3.05, 3.63) is 149 Å². The molecule has 7 heteroatoms. The molecule has 0 saturated carbocycles. The predicted molar refractivity (Wildman–Crippen MR) is 184 cm³/mol. The Hall–Kier alpha value is -4.52. The van der Waals surface area contributed by atoms with E-state index in [1.807, 2.05) is 84.9 Å². The number of aryl methyl sites for hydroxylation is 1. The fourth-order valence-electron chi connectivity index (χ4n) is 5.31. The van der Waals surface area contributed by atoms with Gasteiger partial charge in [-0.2, -0.15) is 0 Å². The second-order valence-electron chi connectivity index (χ2n) is 10.3. The van der Waals surface area contributed by atoms with Gasteiger partial charge in [-0.1, -0.05) is 120 Å². The van der Waals surface area contributed by atoms with E-state index in [0.29, 0.717) is 10.5 Å². The third kappa shape index (κ3) is 6.23. The van der Waals surface area contributed by atoms with Gasteiger partial charge in [0.05, 0.1) is 0 Å². The van der Waals surface area contributed by atoms with Crippen LogP contribution in [0, 0.1) is 6.92 Å². The van der Waals surface area contributed by atoms with Crippen molar-refractivity contribution in [1.29, 1.82) is 0 Å². The molecule has 0 bridgehead atoms. The van der Waals surface area contributed by atoms with Crippen LogP contribution in [0.25, 0.3) is 55.0 Å². The van der Waals surface area contributed by atoms with Crippen molar-refractivity contribution in [2.75, 3.05) is 0 Å². The first-order valence-electron chi connectivity index (χ1n) is 14.0. The maximum Gasteiger partial charge on any atom is 0.488 e. The number of fused-ring (bicyclic) bond motifs is 6. The van der Waals surface area contributed by atoms with Gasteiger partial charge in [-0.05, 0) is 53.3 Å². The van der Waals surface area contributed by atoms with Crippen LogP contribution in [0.15, 0.2) is 142 Å². The summed E-state index contributed by atoms with van der Waals surface area (Å²) in [6, 6.07) is 42.7. The maximum absolute atomic E-state index is 8.58. The molecule has 8 rings (SSSR count). The summed E-state index contributed by atoms with van der Waals surface area (Å²) in [5.41, 5.74) is 7.43. The average molecular weight is 617 g/mol. The summed E-state index contributed by atoms with van der Waals surface area (Å²) in [5, 5.41) is 23.1. The Bertz CT molecular complexity index is 2190. The van der Waals surface area contributed by atoms with Gasteiger partial charge in [0, 0.05) is 43.7 Å². The molecule has 0 amide bonds. The summed E-state index contributed by atoms with van der Waals surface area (Å²) in [5.74, 6) is 0. The normalized spacial score (nSPS) is 10.8. The Balaban J connectivity index is 0.000000126. The molecular formula is C37H27BCl2O4. The molecule has 2 heterocycles. The average Bonchev–Trinajstić information content (AvgIpc) is 3.60. The molecule has 216 valence electrons. The summed E-state index contributed by atoms with van der Waals surface area (Å²) in [4.78, 5) is 0. The fraction of sp³-hybridized carbons (Fsp3) is 0.0270. The van der Waals surface area contributed by atoms with E-state index in [1.165, 1.54) is 0 Å². The molecule has 0 unspecified atom stereocenters. The fourth-order valence-corrected chi connectivity index (χ4v) is 5.78. The molecular weight excluding hydrogens is 590 g/mol. The maximum atomic E-state index is 8.58. The second-order valence-corrected chi connectivity index (χ2v) is 11.1. The Labute approximate surface area is 264 Å². The van der Waals surface area contributed by atoms with E-state index in [0.717, 1.165) is 65.6 Å². The first-order valence-corrected chi connectivity index (χ1v) is 14.8. The second kappa shape index (κ2) is 13.0. The summed E-state index contributed by atoms with van der Waals surface area (Å²) in [7, 11) is -1.34. The van der Waals surface area contributed by atoms with Crippen LogP contribution in [0.2, 0.25) is 10.0 Å². The molecule has 0 fully saturated rings. The molecule has 0 saturated heterocycles. The van der Waals surface area contributed by atoms with Crippen LogP contribution in [0.3, 0.4) is 0 Å². The van der Waals surface area contributed by atoms with Gasteiger partial charge in [0.25, 0.3) is 0 Å². The molecule has 0 aliphatic rings. The van der Waals surface area contributed by atoms with Gasteiger partial charge >= 0.3 is 7.12 Å². The van der Waals surface area contributed by atoms with E-state index in [4.69, 9.17) is 42.1 Å². The largest absolute Gasteiger partial charge is 0.488 e. The molecule has 0 aliphatic heterocycles. The highest BCUT2D eigenvalue weighted by atomic mass is 35.5. The first-order chi connectivity index (χ1) is 21.4. The highest BCUT2D eigenvalue weighted by Crippen LogP contribution is 2.38. The quantitative estimate of drug-likeness (QED) is 0.190. The lowest BCUT2D eigenvalue weighted by Crippen LogP contribution is -2.29. The zero-order valence-corrected chi connectivity index (χ0v) is 25.3. The highest BCUT2D eigenvalue weighted by Gasteiger charge is 2.13. The zero-order chi connectivity index (χ0) is 30.6. The van der Waals surface area contributed by atoms with Crippen LogP contribution < -0.4 is 5.46 Å². The van der Waals surface area contributed by atoms with Crippen molar-refractivity contribution in [2.45, 2.75) is 6.92 Å². The van der Waals surface area contributed by atoms with Gasteiger partial charge in [-0.25, -0.2) is 0 Å². The molecule has 0 atom stereocenters. The monoisotopic (exact) mass is 616 g/mol. The van der Waals surface area contributed by atoms with Gasteiger partial charge in [-0.3, -0.25) is 0 Å². The summed E-state index contributed by atoms with van der Waals surface area (Å²) in [6.45, 7) is 2.05. The molecule has 2 aromatic heterocycles. The van der Waals surface area contributed by atoms with Crippen LogP contribution in [0.1, 0.15) is 5.56 Å². The minimum atomic E-state index is -1.34. The zero-order valence-electron chi connectivity index (χ0n) is 23.7. The minimum Gasteiger partial charge on any atom is -0.456 e. The van der Waals surface area contributed by atoms with Gasteiger partial charge in [-0.15, -0.1) is 0 Å². The molecule has 44 heavy (non-hydrogen) atoms. The number of para-hydroxylation sites is 2. The number of halogens is 2. The molecule has 4 nitrogen and oxygen atoms in total. The van der Waals surface area contributed by atoms with Crippen molar-refractivity contribution in [3.8, 4) is 11.1 Å². The molecule has 0 radical (unpaired) electrons. The molecule has 2 N–H and O–H groups in total. The number of hydrogen-bond donors (Lipinski definition) is 2. The van der Waals surface area contributed by atoms with Crippen LogP contribution in [0.4, 0.5) is 0 Å². The van der Waals surface area contributed by atoms with Crippen molar-refractivity contribution < 1.29 is 18.9 Å². The van der Waals surface area contributed by atoms with Crippen molar-refractivity contribution in [3.63, 3.8) is 0 Å². The molecule has 6 aromatic carbocycles. The van der Waals surface area contributed by atoms with Crippen molar-refractivity contribution in [2.24, 2.45) is 0 Å². The molecule has 0 spiro atoms. The van der Waals surface area contributed by atoms with Crippen molar-refractivity contribution >= 4 is 79.7 Å². The summed E-state index contributed by atoms with van der Waals surface area (Å²) >= 11 is 12.2. The first kappa shape index (κ1) is 29.6. The lowest BCUT2D eigenvalue weighted by atomic mass is 9.81. The predicted octanol–water partition coefficient (Wildman–Crippen LogP) is 9.82. The lowest BCUT2D eigenvalue weighted by Gasteiger charge is -2.04. The Morgan fingerprint density at radius 2 is 1.00 bits per heavy atom. The number of furan rings is 2. The van der Waals surface area contributed by atoms with Crippen LogP contribution >= 0.6 is 23.2 Å². The molecule has 0 aliphatic carbocycles. The number of hydrogen-bond acceptors (Lipinski definition) is 4. The Morgan fingerprint density at radius 3 is 1.57 bits per heavy atom. The van der Waals surface area contributed by atoms with Gasteiger partial charge < -0.3 is 18.9 Å². The van der Waals surface area contributed by atoms with Crippen LogP contribution in [-0.2, 0) is 0 Å². The smallest absolute Gasteiger partial charge is 0.456 e. The molecule has 8 aromatic rings. The van der Waals surface area contributed by atoms with Crippen molar-refractivity contribution in [1.82, 2.24) is 0 Å². The highest BCUT2D eigenvalue weighted by molar-refractivity contribution is 6.58. The summed E-state index contributed by atoms with van der Waals surface area (Å²) < 4.78 is 11.6. The van der Waals surface area contributed by atoms with E-state index in [-0.39, 0.29) is 0 Å². The van der Waals surface area contributed by atoms with Crippen LogP contribution in [-0.4, -0.2) is 17.2 Å². The van der Waals surface area contributed by atoms with Gasteiger partial charge in [0.15, 0.2) is 0 Å². The van der Waals surface area contributed by atoms with Gasteiger partial charge in [0.2, 0.25) is 0 Å². The van der Waals surface area contributed by atoms with E-state index in [9.17, 15) is 0 Å². The van der Waals surface area contributed by atoms with E-state index < -0.39 is 7.12 Å². The lowest BCUT2D eigenvalue weighted by molar-refractivity contribution is 0.426. The van der Waals surface area contributed by atoms with E-state index in [1.54, 1.807) is 24.3 Å². The number of benzene rings is 6. The Morgan fingerprint density at radius 1 is 0.523 bits per heavy atom. The van der Waals surface area contributed by atoms with E-state index in [2.05, 4.69) is 31.2 Å². The minimum absolute atomic E-state index is 0.525. The third-order valence-electron chi connectivity index (χ3n) is 7.27. The van der Waals surface area contributed by atoms with Gasteiger partial charge in [0.1, 0.15) is 22.3 Å². The summed E-state index contributed by atoms with van der Waals surface area (Å²) in [6.07, 6.45) is 0. The Kier molecular flexibility index (Phi) is 8.73. The van der Waals surface area contributed by atoms with E-state index >= 15 is 0 Å². The third-order valence-corrected chi connectivity index (χ3v) is 7.70.